The molecule has 1 aliphatic rings. The second kappa shape index (κ2) is 4.89. The highest BCUT2D eigenvalue weighted by molar-refractivity contribution is 6.05. The Hall–Kier alpha value is -2.73. The summed E-state index contributed by atoms with van der Waals surface area (Å²) < 4.78 is 0. The van der Waals surface area contributed by atoms with Gasteiger partial charge in [0.1, 0.15) is 0 Å². The molecule has 4 rings (SSSR count). The average molecular weight is 307 g/mol. The van der Waals surface area contributed by atoms with Gasteiger partial charge in [0.05, 0.1) is 16.7 Å². The number of aromatic amines is 1. The highest BCUT2D eigenvalue weighted by Crippen LogP contribution is 2.30. The second-order valence-electron chi connectivity index (χ2n) is 6.27. The molecule has 6 heteroatoms. The van der Waals surface area contributed by atoms with Gasteiger partial charge in [0.15, 0.2) is 5.69 Å². The lowest BCUT2D eigenvalue weighted by Crippen LogP contribution is -2.29. The number of benzene rings is 1. The van der Waals surface area contributed by atoms with Gasteiger partial charge in [0, 0.05) is 29.4 Å². The molecule has 1 aliphatic heterocycles. The molecule has 0 unspecified atom stereocenters. The van der Waals surface area contributed by atoms with E-state index in [1.54, 1.807) is 6.20 Å². The van der Waals surface area contributed by atoms with Crippen molar-refractivity contribution in [1.82, 2.24) is 20.5 Å². The summed E-state index contributed by atoms with van der Waals surface area (Å²) in [6, 6.07) is 9.50. The molecule has 0 saturated carbocycles. The number of aromatic nitrogens is 3. The summed E-state index contributed by atoms with van der Waals surface area (Å²) in [5, 5.41) is 14.5. The van der Waals surface area contributed by atoms with E-state index in [1.807, 2.05) is 30.3 Å². The molecule has 0 atom stereocenters. The first-order valence-electron chi connectivity index (χ1n) is 7.53. The molecule has 3 heterocycles. The monoisotopic (exact) mass is 307 g/mol. The molecule has 1 amide bonds. The van der Waals surface area contributed by atoms with Crippen molar-refractivity contribution < 1.29 is 4.79 Å². The van der Waals surface area contributed by atoms with E-state index >= 15 is 0 Å². The van der Waals surface area contributed by atoms with E-state index in [9.17, 15) is 4.79 Å². The van der Waals surface area contributed by atoms with Crippen molar-refractivity contribution >= 4 is 22.5 Å². The van der Waals surface area contributed by atoms with E-state index in [-0.39, 0.29) is 11.4 Å². The van der Waals surface area contributed by atoms with Crippen LogP contribution in [0.25, 0.3) is 10.9 Å². The van der Waals surface area contributed by atoms with Crippen molar-refractivity contribution in [2.75, 3.05) is 5.32 Å². The molecule has 1 aromatic carbocycles. The highest BCUT2D eigenvalue weighted by Gasteiger charge is 2.35. The number of nitrogens with zero attached hydrogens (tertiary/aromatic N) is 2. The predicted octanol–water partition coefficient (Wildman–Crippen LogP) is 2.55. The molecule has 3 N–H and O–H groups in total. The molecular weight excluding hydrogens is 290 g/mol. The molecule has 23 heavy (non-hydrogen) atoms. The van der Waals surface area contributed by atoms with Crippen molar-refractivity contribution in [2.24, 2.45) is 0 Å². The Balaban J connectivity index is 1.63. The average Bonchev–Trinajstić information content (AvgIpc) is 3.09. The molecule has 6 nitrogen and oxygen atoms in total. The molecule has 0 saturated heterocycles. The van der Waals surface area contributed by atoms with Crippen LogP contribution in [0.2, 0.25) is 0 Å². The summed E-state index contributed by atoms with van der Waals surface area (Å²) in [5.74, 6) is -0.203. The van der Waals surface area contributed by atoms with Crippen molar-refractivity contribution in [1.29, 1.82) is 0 Å². The molecule has 0 radical (unpaired) electrons. The largest absolute Gasteiger partial charge is 0.321 e. The van der Waals surface area contributed by atoms with Gasteiger partial charge in [-0.1, -0.05) is 6.07 Å². The van der Waals surface area contributed by atoms with Crippen LogP contribution in [0.1, 0.15) is 35.6 Å². The Bertz CT molecular complexity index is 912. The van der Waals surface area contributed by atoms with Crippen molar-refractivity contribution in [3.05, 3.63) is 53.5 Å². The van der Waals surface area contributed by atoms with Crippen molar-refractivity contribution in [3.8, 4) is 0 Å². The Morgan fingerprint density at radius 1 is 1.30 bits per heavy atom. The number of nitrogens with one attached hydrogen (secondary N) is 3. The van der Waals surface area contributed by atoms with Crippen LogP contribution in [0, 0.1) is 0 Å². The Kier molecular flexibility index (Phi) is 2.96. The fourth-order valence-corrected chi connectivity index (χ4v) is 2.98. The maximum atomic E-state index is 12.5. The minimum Gasteiger partial charge on any atom is -0.321 e. The van der Waals surface area contributed by atoms with Crippen LogP contribution in [0.15, 0.2) is 36.5 Å². The molecule has 0 bridgehead atoms. The van der Waals surface area contributed by atoms with Crippen LogP contribution < -0.4 is 10.6 Å². The number of amides is 1. The van der Waals surface area contributed by atoms with E-state index < -0.39 is 0 Å². The minimum absolute atomic E-state index is 0.185. The molecule has 116 valence electrons. The van der Waals surface area contributed by atoms with E-state index in [4.69, 9.17) is 0 Å². The predicted molar refractivity (Wildman–Crippen MR) is 88.1 cm³/mol. The third-order valence-corrected chi connectivity index (χ3v) is 4.28. The molecule has 2 aromatic heterocycles. The number of hydrogen-bond donors (Lipinski definition) is 3. The lowest BCUT2D eigenvalue weighted by Gasteiger charge is -2.17. The van der Waals surface area contributed by atoms with Gasteiger partial charge >= 0.3 is 0 Å². The third-order valence-electron chi connectivity index (χ3n) is 4.28. The van der Waals surface area contributed by atoms with Crippen LogP contribution in [-0.2, 0) is 12.1 Å². The molecular formula is C17H17N5O. The number of carbonyl (C=O) groups is 1. The van der Waals surface area contributed by atoms with Crippen LogP contribution in [0.5, 0.6) is 0 Å². The minimum atomic E-state index is -0.203. The summed E-state index contributed by atoms with van der Waals surface area (Å²) in [6.45, 7) is 4.77. The first-order chi connectivity index (χ1) is 11.0. The van der Waals surface area contributed by atoms with E-state index in [2.05, 4.69) is 39.7 Å². The van der Waals surface area contributed by atoms with Gasteiger partial charge in [0.2, 0.25) is 0 Å². The second-order valence-corrected chi connectivity index (χ2v) is 6.27. The van der Waals surface area contributed by atoms with Crippen molar-refractivity contribution in [2.45, 2.75) is 25.9 Å². The van der Waals surface area contributed by atoms with E-state index in [1.165, 1.54) is 0 Å². The van der Waals surface area contributed by atoms with Gasteiger partial charge in [-0.05, 0) is 38.1 Å². The molecule has 0 aliphatic carbocycles. The number of carbonyl (C=O) groups excluding carboxylic acids is 1. The number of pyridine rings is 1. The molecule has 3 aromatic rings. The fraction of sp³-hybridized carbons (Fsp3) is 0.235. The number of anilines is 1. The Morgan fingerprint density at radius 2 is 2.17 bits per heavy atom. The smallest absolute Gasteiger partial charge is 0.276 e. The number of fused-ring (bicyclic) bond motifs is 2. The summed E-state index contributed by atoms with van der Waals surface area (Å²) in [5.41, 5.74) is 3.81. The maximum Gasteiger partial charge on any atom is 0.276 e. The number of H-pyrrole nitrogens is 1. The zero-order chi connectivity index (χ0) is 16.0. The van der Waals surface area contributed by atoms with E-state index in [0.717, 1.165) is 27.8 Å². The zero-order valence-electron chi connectivity index (χ0n) is 13.0. The van der Waals surface area contributed by atoms with Crippen LogP contribution in [0.4, 0.5) is 5.69 Å². The lowest BCUT2D eigenvalue weighted by atomic mass is 10.0. The maximum absolute atomic E-state index is 12.5. The van der Waals surface area contributed by atoms with Crippen LogP contribution >= 0.6 is 0 Å². The van der Waals surface area contributed by atoms with Crippen LogP contribution in [-0.4, -0.2) is 21.1 Å². The van der Waals surface area contributed by atoms with Crippen LogP contribution in [0.3, 0.4) is 0 Å². The summed E-state index contributed by atoms with van der Waals surface area (Å²) in [6.07, 6.45) is 1.75. The number of rotatable bonds is 2. The van der Waals surface area contributed by atoms with Gasteiger partial charge < -0.3 is 10.6 Å². The molecule has 0 spiro atoms. The van der Waals surface area contributed by atoms with Gasteiger partial charge in [0.25, 0.3) is 5.91 Å². The first-order valence-corrected chi connectivity index (χ1v) is 7.53. The van der Waals surface area contributed by atoms with E-state index in [0.29, 0.717) is 12.2 Å². The Labute approximate surface area is 133 Å². The quantitative estimate of drug-likeness (QED) is 0.679. The van der Waals surface area contributed by atoms with Gasteiger partial charge in [-0.3, -0.25) is 14.9 Å². The summed E-state index contributed by atoms with van der Waals surface area (Å²) in [4.78, 5) is 16.8. The van der Waals surface area contributed by atoms with Gasteiger partial charge in [-0.15, -0.1) is 0 Å². The molecule has 0 fully saturated rings. The Morgan fingerprint density at radius 3 is 3.04 bits per heavy atom. The summed E-state index contributed by atoms with van der Waals surface area (Å²) >= 11 is 0. The fourth-order valence-electron chi connectivity index (χ4n) is 2.98. The first kappa shape index (κ1) is 13.9. The number of hydrogen-bond acceptors (Lipinski definition) is 4. The SMILES string of the molecule is CC1(C)NCc2c(C(=O)Nc3ccc4ncccc4c3)n[nH]c21. The topological polar surface area (TPSA) is 82.7 Å². The highest BCUT2D eigenvalue weighted by atomic mass is 16.1. The van der Waals surface area contributed by atoms with Gasteiger partial charge in [-0.25, -0.2) is 0 Å². The lowest BCUT2D eigenvalue weighted by molar-refractivity contribution is 0.102. The normalized spacial score (nSPS) is 15.6. The summed E-state index contributed by atoms with van der Waals surface area (Å²) in [7, 11) is 0. The standard InChI is InChI=1S/C17H17N5O/c1-17(2)15-12(9-19-17)14(21-22-15)16(23)20-11-5-6-13-10(8-11)4-3-7-18-13/h3-8,19H,9H2,1-2H3,(H,20,23)(H,21,22). The zero-order valence-corrected chi connectivity index (χ0v) is 13.0. The third kappa shape index (κ3) is 2.27. The van der Waals surface area contributed by atoms with Gasteiger partial charge in [-0.2, -0.15) is 5.10 Å². The van der Waals surface area contributed by atoms with Crippen molar-refractivity contribution in [3.63, 3.8) is 0 Å².